The maximum absolute atomic E-state index is 12.9. The van der Waals surface area contributed by atoms with Gasteiger partial charge < -0.3 is 29.0 Å². The molecular formula is C52H99NO9. The molecule has 0 saturated carbocycles. The van der Waals surface area contributed by atoms with E-state index in [1.54, 1.807) is 0 Å². The highest BCUT2D eigenvalue weighted by Gasteiger charge is 2.34. The van der Waals surface area contributed by atoms with Gasteiger partial charge in [0.25, 0.3) is 0 Å². The van der Waals surface area contributed by atoms with Crippen LogP contribution < -0.4 is 0 Å². The normalized spacial score (nSPS) is 12.1. The van der Waals surface area contributed by atoms with Crippen LogP contribution in [0.4, 0.5) is 0 Å². The van der Waals surface area contributed by atoms with Crippen LogP contribution in [-0.4, -0.2) is 86.6 Å². The second-order valence-corrected chi connectivity index (χ2v) is 18.3. The highest BCUT2D eigenvalue weighted by Crippen LogP contribution is 2.26. The van der Waals surface area contributed by atoms with Crippen molar-refractivity contribution >= 4 is 23.9 Å². The van der Waals surface area contributed by atoms with Gasteiger partial charge in [0.1, 0.15) is 19.8 Å². The standard InChI is InChI=1S/C52H99NO9/c1-6-11-15-19-22-26-34-47(33-25-18-14-9-4)43-59-48(55)35-29-23-31-39-53(41-42-54)40-32-24-30-38-51(58)62-46-52(10-5,44-60-49(56)36-27-20-16-12-7-2)45-61-50(57)37-28-21-17-13-8-3/h47,54H,6-46H2,1-5H3. The van der Waals surface area contributed by atoms with Crippen LogP contribution >= 0.6 is 0 Å². The number of ether oxygens (including phenoxy) is 4. The topological polar surface area (TPSA) is 129 Å². The van der Waals surface area contributed by atoms with Crippen LogP contribution in [0.15, 0.2) is 0 Å². The highest BCUT2D eigenvalue weighted by atomic mass is 16.6. The van der Waals surface area contributed by atoms with Crippen LogP contribution in [0.5, 0.6) is 0 Å². The molecule has 0 amide bonds. The van der Waals surface area contributed by atoms with E-state index in [-0.39, 0.29) is 56.7 Å². The van der Waals surface area contributed by atoms with Crippen LogP contribution in [0.1, 0.15) is 247 Å². The number of nitrogens with zero attached hydrogens (tertiary/aromatic N) is 1. The van der Waals surface area contributed by atoms with Crippen LogP contribution in [0.25, 0.3) is 0 Å². The highest BCUT2D eigenvalue weighted by molar-refractivity contribution is 5.70. The van der Waals surface area contributed by atoms with Crippen molar-refractivity contribution in [3.8, 4) is 0 Å². The molecule has 0 aromatic carbocycles. The smallest absolute Gasteiger partial charge is 0.305 e. The van der Waals surface area contributed by atoms with Gasteiger partial charge in [0.15, 0.2) is 0 Å². The van der Waals surface area contributed by atoms with E-state index in [1.807, 2.05) is 6.92 Å². The fourth-order valence-electron chi connectivity index (χ4n) is 7.80. The third kappa shape index (κ3) is 37.2. The number of rotatable bonds is 47. The molecular weight excluding hydrogens is 783 g/mol. The zero-order valence-electron chi connectivity index (χ0n) is 41.2. The summed E-state index contributed by atoms with van der Waals surface area (Å²) >= 11 is 0. The number of carbonyl (C=O) groups is 4. The summed E-state index contributed by atoms with van der Waals surface area (Å²) in [5, 5.41) is 9.67. The Morgan fingerprint density at radius 1 is 0.419 bits per heavy atom. The zero-order valence-corrected chi connectivity index (χ0v) is 41.2. The Kier molecular flexibility index (Phi) is 42.5. The summed E-state index contributed by atoms with van der Waals surface area (Å²) in [5.41, 5.74) is -0.792. The van der Waals surface area contributed by atoms with Gasteiger partial charge in [-0.3, -0.25) is 19.2 Å². The molecule has 10 nitrogen and oxygen atoms in total. The molecule has 1 unspecified atom stereocenters. The predicted octanol–water partition coefficient (Wildman–Crippen LogP) is 13.0. The second-order valence-electron chi connectivity index (χ2n) is 18.3. The third-order valence-electron chi connectivity index (χ3n) is 12.4. The Balaban J connectivity index is 4.68. The van der Waals surface area contributed by atoms with Gasteiger partial charge in [-0.1, -0.05) is 163 Å². The summed E-state index contributed by atoms with van der Waals surface area (Å²) in [4.78, 5) is 53.0. The lowest BCUT2D eigenvalue weighted by molar-refractivity contribution is -0.162. The minimum absolute atomic E-state index is 0.0246. The van der Waals surface area contributed by atoms with Crippen molar-refractivity contribution in [3.63, 3.8) is 0 Å². The van der Waals surface area contributed by atoms with Crippen molar-refractivity contribution in [3.05, 3.63) is 0 Å². The average Bonchev–Trinajstić information content (AvgIpc) is 3.27. The van der Waals surface area contributed by atoms with Gasteiger partial charge >= 0.3 is 23.9 Å². The van der Waals surface area contributed by atoms with Crippen LogP contribution in [0, 0.1) is 11.3 Å². The predicted molar refractivity (Wildman–Crippen MR) is 254 cm³/mol. The maximum atomic E-state index is 12.9. The summed E-state index contributed by atoms with van der Waals surface area (Å²) in [7, 11) is 0. The number of carbonyl (C=O) groups excluding carboxylic acids is 4. The fourth-order valence-corrected chi connectivity index (χ4v) is 7.80. The number of unbranched alkanes of at least 4 members (excludes halogenated alkanes) is 20. The van der Waals surface area contributed by atoms with Gasteiger partial charge in [-0.05, 0) is 76.8 Å². The number of hydrogen-bond acceptors (Lipinski definition) is 10. The second kappa shape index (κ2) is 44.0. The molecule has 0 rings (SSSR count). The van der Waals surface area contributed by atoms with E-state index in [4.69, 9.17) is 18.9 Å². The molecule has 0 aliphatic heterocycles. The molecule has 366 valence electrons. The molecule has 0 aromatic rings. The minimum atomic E-state index is -0.792. The molecule has 0 heterocycles. The molecule has 1 atom stereocenters. The monoisotopic (exact) mass is 882 g/mol. The summed E-state index contributed by atoms with van der Waals surface area (Å²) in [6.07, 6.45) is 32.6. The van der Waals surface area contributed by atoms with Gasteiger partial charge in [0.2, 0.25) is 0 Å². The van der Waals surface area contributed by atoms with E-state index in [9.17, 15) is 24.3 Å². The molecule has 0 aromatic heterocycles. The van der Waals surface area contributed by atoms with E-state index < -0.39 is 5.41 Å². The minimum Gasteiger partial charge on any atom is -0.465 e. The van der Waals surface area contributed by atoms with Crippen LogP contribution in [0.2, 0.25) is 0 Å². The molecule has 0 bridgehead atoms. The summed E-state index contributed by atoms with van der Waals surface area (Å²) in [6, 6.07) is 0. The van der Waals surface area contributed by atoms with Gasteiger partial charge in [0, 0.05) is 32.2 Å². The number of hydrogen-bond donors (Lipinski definition) is 1. The third-order valence-corrected chi connectivity index (χ3v) is 12.4. The molecule has 62 heavy (non-hydrogen) atoms. The van der Waals surface area contributed by atoms with Gasteiger partial charge in [-0.2, -0.15) is 0 Å². The first kappa shape index (κ1) is 59.8. The van der Waals surface area contributed by atoms with Crippen molar-refractivity contribution in [1.82, 2.24) is 4.90 Å². The van der Waals surface area contributed by atoms with Crippen molar-refractivity contribution in [2.75, 3.05) is 52.7 Å². The Labute approximate surface area is 381 Å². The van der Waals surface area contributed by atoms with E-state index in [0.717, 1.165) is 122 Å². The molecule has 0 fully saturated rings. The Morgan fingerprint density at radius 2 is 0.742 bits per heavy atom. The van der Waals surface area contributed by atoms with Crippen molar-refractivity contribution in [2.24, 2.45) is 11.3 Å². The van der Waals surface area contributed by atoms with Gasteiger partial charge in [-0.15, -0.1) is 0 Å². The maximum Gasteiger partial charge on any atom is 0.305 e. The lowest BCUT2D eigenvalue weighted by atomic mass is 9.88. The molecule has 0 aliphatic rings. The first-order valence-electron chi connectivity index (χ1n) is 26.1. The molecule has 0 saturated heterocycles. The van der Waals surface area contributed by atoms with Gasteiger partial charge in [-0.25, -0.2) is 0 Å². The molecule has 0 spiro atoms. The van der Waals surface area contributed by atoms with Crippen LogP contribution in [0.3, 0.4) is 0 Å². The first-order chi connectivity index (χ1) is 30.2. The largest absolute Gasteiger partial charge is 0.465 e. The molecule has 0 aliphatic carbocycles. The molecule has 0 radical (unpaired) electrons. The Morgan fingerprint density at radius 3 is 1.11 bits per heavy atom. The number of esters is 4. The van der Waals surface area contributed by atoms with E-state index in [0.29, 0.717) is 51.2 Å². The number of aliphatic hydroxyl groups excluding tert-OH is 1. The lowest BCUT2D eigenvalue weighted by Gasteiger charge is -2.31. The summed E-state index contributed by atoms with van der Waals surface area (Å²) < 4.78 is 22.9. The Bertz CT molecular complexity index is 1020. The van der Waals surface area contributed by atoms with Crippen molar-refractivity contribution in [1.29, 1.82) is 0 Å². The quantitative estimate of drug-likeness (QED) is 0.0358. The molecule has 1 N–H and O–H groups in total. The lowest BCUT2D eigenvalue weighted by Crippen LogP contribution is -2.39. The van der Waals surface area contributed by atoms with Crippen molar-refractivity contribution in [2.45, 2.75) is 247 Å². The first-order valence-corrected chi connectivity index (χ1v) is 26.1. The van der Waals surface area contributed by atoms with Crippen LogP contribution in [-0.2, 0) is 38.1 Å². The summed E-state index contributed by atoms with van der Waals surface area (Å²) in [6.45, 7) is 13.8. The van der Waals surface area contributed by atoms with E-state index in [1.165, 1.54) is 64.2 Å². The number of aliphatic hydroxyl groups is 1. The van der Waals surface area contributed by atoms with E-state index >= 15 is 0 Å². The average molecular weight is 882 g/mol. The molecule has 10 heteroatoms. The van der Waals surface area contributed by atoms with Crippen molar-refractivity contribution < 1.29 is 43.2 Å². The Hall–Kier alpha value is -2.20. The van der Waals surface area contributed by atoms with E-state index in [2.05, 4.69) is 32.6 Å². The fraction of sp³-hybridized carbons (Fsp3) is 0.923. The zero-order chi connectivity index (χ0) is 45.8. The van der Waals surface area contributed by atoms with Gasteiger partial charge in [0.05, 0.1) is 18.6 Å². The SMILES string of the molecule is CCCCCCCCC(CCCCCC)COC(=O)CCCCCN(CCO)CCCCCC(=O)OCC(CC)(COC(=O)CCCCCCC)COC(=O)CCCCCCC. The summed E-state index contributed by atoms with van der Waals surface area (Å²) in [5.74, 6) is -0.437.